The van der Waals surface area contributed by atoms with Crippen LogP contribution in [0.1, 0.15) is 27.6 Å². The molecule has 0 heterocycles. The largest absolute Gasteiger partial charge is 0.458 e. The first kappa shape index (κ1) is 5.96. The quantitative estimate of drug-likeness (QED) is 0.410. The van der Waals surface area contributed by atoms with Gasteiger partial charge in [0.2, 0.25) is 0 Å². The Kier molecular flexibility index (Phi) is 2.02. The Balaban J connectivity index is 2.46. The third-order valence-electron chi connectivity index (χ3n) is 1.43. The van der Waals surface area contributed by atoms with Crippen molar-refractivity contribution in [2.75, 3.05) is 0 Å². The molecule has 0 aromatic rings. The van der Waals surface area contributed by atoms with Gasteiger partial charge in [-0.05, 0) is 25.3 Å². The number of allylic oxidation sites excluding steroid dienone is 1. The molecule has 0 fully saturated rings. The summed E-state index contributed by atoms with van der Waals surface area (Å²) in [6.07, 6.45) is 4.20. The number of hydrogen-bond acceptors (Lipinski definition) is 2. The van der Waals surface area contributed by atoms with Gasteiger partial charge in [0.25, 0.3) is 0 Å². The van der Waals surface area contributed by atoms with Crippen LogP contribution in [0.25, 0.3) is 0 Å². The lowest BCUT2D eigenvalue weighted by molar-refractivity contribution is -0.144. The molecule has 2 nitrogen and oxygen atoms in total. The Labute approximate surface area is 62.3 Å². The summed E-state index contributed by atoms with van der Waals surface area (Å²) in [5.74, 6) is -0.263. The highest BCUT2D eigenvalue weighted by atomic mass is 16.5. The van der Waals surface area contributed by atoms with Gasteiger partial charge in [-0.25, -0.2) is 0 Å². The van der Waals surface area contributed by atoms with Gasteiger partial charge in [0.15, 0.2) is 0 Å². The monoisotopic (exact) mass is 141 g/mol. The summed E-state index contributed by atoms with van der Waals surface area (Å²) in [5.41, 5.74) is 0. The van der Waals surface area contributed by atoms with Gasteiger partial charge in [-0.3, -0.25) is 4.79 Å². The molecule has 0 N–H and O–H groups in total. The maximum Gasteiger partial charge on any atom is 0.303 e. The molecule has 2 heteroatoms. The standard InChI is InChI=1S/C8H12O2/c1-7(9)10-8-5-3-2-4-6-8/h3,5,8H,2,4,6H2,1H3/i3D. The Hall–Kier alpha value is -0.790. The second-order valence-corrected chi connectivity index (χ2v) is 2.41. The topological polar surface area (TPSA) is 26.3 Å². The van der Waals surface area contributed by atoms with Gasteiger partial charge in [-0.1, -0.05) is 6.05 Å². The molecule has 0 aliphatic heterocycles. The Bertz CT molecular complexity index is 187. The number of ether oxygens (including phenoxy) is 1. The van der Waals surface area contributed by atoms with Crippen molar-refractivity contribution >= 4 is 5.97 Å². The molecule has 0 bridgehead atoms. The minimum atomic E-state index is -0.263. The molecular formula is C8H12O2. The first-order valence-electron chi connectivity index (χ1n) is 4.03. The molecular weight excluding hydrogens is 128 g/mol. The van der Waals surface area contributed by atoms with E-state index in [0.717, 1.165) is 19.3 Å². The van der Waals surface area contributed by atoms with Gasteiger partial charge in [-0.2, -0.15) is 0 Å². The van der Waals surface area contributed by atoms with E-state index >= 15 is 0 Å². The molecule has 1 unspecified atom stereocenters. The molecule has 0 aromatic carbocycles. The highest BCUT2D eigenvalue weighted by Gasteiger charge is 2.09. The van der Waals surface area contributed by atoms with Crippen molar-refractivity contribution in [2.24, 2.45) is 0 Å². The van der Waals surface area contributed by atoms with E-state index in [1.54, 1.807) is 6.08 Å². The van der Waals surface area contributed by atoms with Crippen LogP contribution in [0.2, 0.25) is 0 Å². The van der Waals surface area contributed by atoms with Crippen LogP contribution in [0.5, 0.6) is 0 Å². The van der Waals surface area contributed by atoms with Crippen LogP contribution in [-0.2, 0) is 9.53 Å². The SMILES string of the molecule is [2H]C1=CC(OC(C)=O)CCC1. The van der Waals surface area contributed by atoms with Gasteiger partial charge < -0.3 is 4.74 Å². The molecule has 1 aliphatic rings. The maximum absolute atomic E-state index is 10.5. The number of carbonyl (C=O) groups excluding carboxylic acids is 1. The van der Waals surface area contributed by atoms with Crippen LogP contribution >= 0.6 is 0 Å². The van der Waals surface area contributed by atoms with Crippen molar-refractivity contribution < 1.29 is 10.9 Å². The van der Waals surface area contributed by atoms with Crippen LogP contribution in [0, 0.1) is 0 Å². The van der Waals surface area contributed by atoms with E-state index in [0.29, 0.717) is 6.05 Å². The molecule has 0 spiro atoms. The molecule has 1 aliphatic carbocycles. The Morgan fingerprint density at radius 1 is 1.90 bits per heavy atom. The van der Waals surface area contributed by atoms with Crippen LogP contribution in [0.15, 0.2) is 12.1 Å². The summed E-state index contributed by atoms with van der Waals surface area (Å²) >= 11 is 0. The van der Waals surface area contributed by atoms with Gasteiger partial charge >= 0.3 is 5.97 Å². The second-order valence-electron chi connectivity index (χ2n) is 2.41. The summed E-state index contributed by atoms with van der Waals surface area (Å²) in [4.78, 5) is 10.5. The van der Waals surface area contributed by atoms with E-state index in [2.05, 4.69) is 0 Å². The van der Waals surface area contributed by atoms with Crippen molar-refractivity contribution in [1.29, 1.82) is 0 Å². The molecule has 0 aromatic heterocycles. The molecule has 0 amide bonds. The number of hydrogen-bond donors (Lipinski definition) is 0. The number of rotatable bonds is 1. The second kappa shape index (κ2) is 3.40. The Morgan fingerprint density at radius 3 is 3.30 bits per heavy atom. The molecule has 10 heavy (non-hydrogen) atoms. The van der Waals surface area contributed by atoms with Gasteiger partial charge in [0.05, 0.1) is 1.37 Å². The van der Waals surface area contributed by atoms with Crippen LogP contribution in [-0.4, -0.2) is 12.1 Å². The Morgan fingerprint density at radius 2 is 2.70 bits per heavy atom. The van der Waals surface area contributed by atoms with Crippen LogP contribution in [0.3, 0.4) is 0 Å². The smallest absolute Gasteiger partial charge is 0.303 e. The summed E-state index contributed by atoms with van der Waals surface area (Å²) in [6.45, 7) is 1.39. The van der Waals surface area contributed by atoms with Crippen molar-refractivity contribution in [1.82, 2.24) is 0 Å². The van der Waals surface area contributed by atoms with E-state index in [1.165, 1.54) is 6.92 Å². The molecule has 1 rings (SSSR count). The highest BCUT2D eigenvalue weighted by Crippen LogP contribution is 2.13. The fraction of sp³-hybridized carbons (Fsp3) is 0.625. The minimum Gasteiger partial charge on any atom is -0.458 e. The maximum atomic E-state index is 10.5. The zero-order valence-electron chi connectivity index (χ0n) is 7.09. The molecule has 0 radical (unpaired) electrons. The van der Waals surface area contributed by atoms with Gasteiger partial charge in [0, 0.05) is 6.92 Å². The van der Waals surface area contributed by atoms with Gasteiger partial charge in [0.1, 0.15) is 6.10 Å². The summed E-state index contributed by atoms with van der Waals surface area (Å²) in [6, 6.07) is 0.586. The van der Waals surface area contributed by atoms with Crippen molar-refractivity contribution in [3.8, 4) is 0 Å². The van der Waals surface area contributed by atoms with Gasteiger partial charge in [-0.15, -0.1) is 0 Å². The lowest BCUT2D eigenvalue weighted by atomic mass is 10.1. The summed E-state index contributed by atoms with van der Waals surface area (Å²) in [7, 11) is 0. The summed E-state index contributed by atoms with van der Waals surface area (Å²) in [5, 5.41) is 0. The molecule has 0 saturated carbocycles. The first-order chi connectivity index (χ1) is 5.18. The van der Waals surface area contributed by atoms with Crippen molar-refractivity contribution in [3.63, 3.8) is 0 Å². The lowest BCUT2D eigenvalue weighted by Gasteiger charge is -2.15. The van der Waals surface area contributed by atoms with Crippen molar-refractivity contribution in [3.05, 3.63) is 12.1 Å². The predicted octanol–water partition coefficient (Wildman–Crippen LogP) is 1.66. The molecule has 56 valence electrons. The third kappa shape index (κ3) is 2.21. The minimum absolute atomic E-state index is 0.145. The van der Waals surface area contributed by atoms with E-state index in [-0.39, 0.29) is 12.1 Å². The van der Waals surface area contributed by atoms with E-state index in [1.807, 2.05) is 0 Å². The van der Waals surface area contributed by atoms with Crippen LogP contribution < -0.4 is 0 Å². The van der Waals surface area contributed by atoms with E-state index in [4.69, 9.17) is 6.11 Å². The predicted molar refractivity (Wildman–Crippen MR) is 38.5 cm³/mol. The third-order valence-corrected chi connectivity index (χ3v) is 1.43. The average molecular weight is 141 g/mol. The van der Waals surface area contributed by atoms with Crippen molar-refractivity contribution in [2.45, 2.75) is 32.3 Å². The number of esters is 1. The zero-order valence-corrected chi connectivity index (χ0v) is 6.09. The van der Waals surface area contributed by atoms with E-state index < -0.39 is 0 Å². The fourth-order valence-electron chi connectivity index (χ4n) is 1.01. The fourth-order valence-corrected chi connectivity index (χ4v) is 1.01. The molecule has 1 atom stereocenters. The number of carbonyl (C=O) groups is 1. The average Bonchev–Trinajstić information content (AvgIpc) is 1.85. The first-order valence-corrected chi connectivity index (χ1v) is 3.53. The zero-order chi connectivity index (χ0) is 8.27. The normalized spacial score (nSPS) is 26.7. The van der Waals surface area contributed by atoms with Crippen LogP contribution in [0.4, 0.5) is 0 Å². The highest BCUT2D eigenvalue weighted by molar-refractivity contribution is 5.66. The summed E-state index contributed by atoms with van der Waals surface area (Å²) < 4.78 is 12.2. The lowest BCUT2D eigenvalue weighted by Crippen LogP contribution is -2.15. The molecule has 0 saturated heterocycles. The van der Waals surface area contributed by atoms with E-state index in [9.17, 15) is 4.79 Å².